The van der Waals surface area contributed by atoms with Gasteiger partial charge >= 0.3 is 0 Å². The molecule has 3 rings (SSSR count). The van der Waals surface area contributed by atoms with E-state index in [1.165, 1.54) is 0 Å². The van der Waals surface area contributed by atoms with Crippen LogP contribution < -0.4 is 0 Å². The second-order valence-electron chi connectivity index (χ2n) is 4.58. The number of hydrogen-bond donors (Lipinski definition) is 2. The van der Waals surface area contributed by atoms with Crippen LogP contribution in [0, 0.1) is 10.8 Å². The Bertz CT molecular complexity index is 268. The Hall–Kier alpha value is -0.740. The summed E-state index contributed by atoms with van der Waals surface area (Å²) >= 11 is 0. The van der Waals surface area contributed by atoms with Gasteiger partial charge in [-0.1, -0.05) is 0 Å². The molecule has 2 atom stereocenters. The first-order valence-electron chi connectivity index (χ1n) is 4.87. The zero-order valence-corrected chi connectivity index (χ0v) is 7.95. The van der Waals surface area contributed by atoms with Crippen molar-refractivity contribution in [3.63, 3.8) is 0 Å². The predicted octanol–water partition coefficient (Wildman–Crippen LogP) is -0.330. The number of carbonyl (C=O) groups is 2. The maximum absolute atomic E-state index is 11.7. The fraction of sp³-hybridized carbons (Fsp3) is 0.800. The molecule has 3 aliphatic carbocycles. The second kappa shape index (κ2) is 2.87. The van der Waals surface area contributed by atoms with E-state index in [2.05, 4.69) is 0 Å². The normalized spacial score (nSPS) is 41.9. The number of rotatable bonds is 2. The highest BCUT2D eigenvalue weighted by Gasteiger charge is 2.58. The van der Waals surface area contributed by atoms with Crippen molar-refractivity contribution in [3.8, 4) is 0 Å². The number of aliphatic hydroxyl groups excluding tert-OH is 2. The lowest BCUT2D eigenvalue weighted by Crippen LogP contribution is -2.57. The quantitative estimate of drug-likeness (QED) is 0.637. The molecule has 14 heavy (non-hydrogen) atoms. The van der Waals surface area contributed by atoms with Crippen molar-refractivity contribution in [1.29, 1.82) is 0 Å². The van der Waals surface area contributed by atoms with Gasteiger partial charge in [-0.2, -0.15) is 0 Å². The van der Waals surface area contributed by atoms with Crippen LogP contribution in [0.4, 0.5) is 0 Å². The summed E-state index contributed by atoms with van der Waals surface area (Å²) in [5.74, 6) is -0.111. The molecule has 78 valence electrons. The molecule has 3 aliphatic rings. The Kier molecular flexibility index (Phi) is 2.01. The monoisotopic (exact) mass is 198 g/mol. The fourth-order valence-electron chi connectivity index (χ4n) is 2.57. The number of hydrogen-bond acceptors (Lipinski definition) is 4. The Morgan fingerprint density at radius 1 is 0.929 bits per heavy atom. The first-order valence-corrected chi connectivity index (χ1v) is 4.87. The average molecular weight is 198 g/mol. The largest absolute Gasteiger partial charge is 0.395 e. The Morgan fingerprint density at radius 2 is 1.29 bits per heavy atom. The predicted molar refractivity (Wildman–Crippen MR) is 47.5 cm³/mol. The van der Waals surface area contributed by atoms with Gasteiger partial charge in [-0.3, -0.25) is 9.59 Å². The molecule has 0 aliphatic heterocycles. The minimum Gasteiger partial charge on any atom is -0.395 e. The third-order valence-electron chi connectivity index (χ3n) is 3.87. The zero-order valence-electron chi connectivity index (χ0n) is 7.95. The van der Waals surface area contributed by atoms with Crippen molar-refractivity contribution in [3.05, 3.63) is 0 Å². The molecular weight excluding hydrogens is 184 g/mol. The maximum Gasteiger partial charge on any atom is 0.142 e. The van der Waals surface area contributed by atoms with E-state index in [1.807, 2.05) is 0 Å². The molecule has 0 aromatic heterocycles. The molecule has 0 aromatic carbocycles. The van der Waals surface area contributed by atoms with Crippen molar-refractivity contribution in [2.75, 3.05) is 13.2 Å². The van der Waals surface area contributed by atoms with Gasteiger partial charge in [0.1, 0.15) is 11.6 Å². The second-order valence-corrected chi connectivity index (χ2v) is 4.58. The molecule has 3 saturated carbocycles. The summed E-state index contributed by atoms with van der Waals surface area (Å²) in [7, 11) is 0. The minimum absolute atomic E-state index is 0.0556. The van der Waals surface area contributed by atoms with Crippen LogP contribution in [0.3, 0.4) is 0 Å². The van der Waals surface area contributed by atoms with Crippen LogP contribution in [-0.2, 0) is 9.59 Å². The first-order chi connectivity index (χ1) is 6.58. The molecular formula is C10H14O4. The van der Waals surface area contributed by atoms with E-state index in [4.69, 9.17) is 0 Å². The summed E-state index contributed by atoms with van der Waals surface area (Å²) in [5.41, 5.74) is -1.62. The molecule has 4 nitrogen and oxygen atoms in total. The van der Waals surface area contributed by atoms with E-state index in [0.717, 1.165) is 0 Å². The summed E-state index contributed by atoms with van der Waals surface area (Å²) in [6.45, 7) is -0.474. The van der Waals surface area contributed by atoms with Crippen LogP contribution in [0.1, 0.15) is 25.7 Å². The highest BCUT2D eigenvalue weighted by molar-refractivity contribution is 6.02. The van der Waals surface area contributed by atoms with Gasteiger partial charge in [-0.25, -0.2) is 0 Å². The van der Waals surface area contributed by atoms with Crippen LogP contribution in [0.25, 0.3) is 0 Å². The minimum atomic E-state index is -0.812. The molecule has 2 N–H and O–H groups in total. The molecule has 4 heteroatoms. The van der Waals surface area contributed by atoms with Gasteiger partial charge < -0.3 is 10.2 Å². The SMILES string of the molecule is O=C1CC2(CO)CCC1(CO)CC2=O. The Balaban J connectivity index is 2.35. The van der Waals surface area contributed by atoms with Crippen molar-refractivity contribution in [1.82, 2.24) is 0 Å². The molecule has 0 saturated heterocycles. The summed E-state index contributed by atoms with van der Waals surface area (Å²) in [5, 5.41) is 18.4. The van der Waals surface area contributed by atoms with Crippen LogP contribution in [0.15, 0.2) is 0 Å². The number of carbonyl (C=O) groups excluding carboxylic acids is 2. The van der Waals surface area contributed by atoms with E-state index >= 15 is 0 Å². The van der Waals surface area contributed by atoms with E-state index in [-0.39, 0.29) is 37.6 Å². The maximum atomic E-state index is 11.7. The zero-order chi connectivity index (χ0) is 10.4. The lowest BCUT2D eigenvalue weighted by molar-refractivity contribution is -0.163. The Morgan fingerprint density at radius 3 is 1.50 bits per heavy atom. The van der Waals surface area contributed by atoms with Crippen molar-refractivity contribution < 1.29 is 19.8 Å². The van der Waals surface area contributed by atoms with Crippen molar-refractivity contribution >= 4 is 11.6 Å². The molecule has 0 heterocycles. The first kappa shape index (κ1) is 9.80. The van der Waals surface area contributed by atoms with Crippen LogP contribution >= 0.6 is 0 Å². The van der Waals surface area contributed by atoms with Gasteiger partial charge in [0.05, 0.1) is 24.0 Å². The van der Waals surface area contributed by atoms with Gasteiger partial charge in [0.15, 0.2) is 0 Å². The average Bonchev–Trinajstić information content (AvgIpc) is 2.20. The number of aliphatic hydroxyl groups is 2. The highest BCUT2D eigenvalue weighted by atomic mass is 16.3. The van der Waals surface area contributed by atoms with Gasteiger partial charge in [0.2, 0.25) is 0 Å². The molecule has 2 unspecified atom stereocenters. The number of fused-ring (bicyclic) bond motifs is 3. The third-order valence-corrected chi connectivity index (χ3v) is 3.87. The van der Waals surface area contributed by atoms with Gasteiger partial charge in [0, 0.05) is 12.8 Å². The van der Waals surface area contributed by atoms with E-state index in [9.17, 15) is 19.8 Å². The van der Waals surface area contributed by atoms with Crippen LogP contribution in [0.2, 0.25) is 0 Å². The molecule has 2 bridgehead atoms. The fourth-order valence-corrected chi connectivity index (χ4v) is 2.57. The van der Waals surface area contributed by atoms with E-state index < -0.39 is 10.8 Å². The molecule has 3 fully saturated rings. The smallest absolute Gasteiger partial charge is 0.142 e. The van der Waals surface area contributed by atoms with Crippen LogP contribution in [-0.4, -0.2) is 35.0 Å². The van der Waals surface area contributed by atoms with Gasteiger partial charge in [-0.15, -0.1) is 0 Å². The van der Waals surface area contributed by atoms with Crippen molar-refractivity contribution in [2.24, 2.45) is 10.8 Å². The molecule has 0 spiro atoms. The lowest BCUT2D eigenvalue weighted by Gasteiger charge is -2.49. The summed E-state index contributed by atoms with van der Waals surface area (Å²) in [4.78, 5) is 23.4. The Labute approximate surface area is 81.9 Å². The van der Waals surface area contributed by atoms with Crippen molar-refractivity contribution in [2.45, 2.75) is 25.7 Å². The van der Waals surface area contributed by atoms with E-state index in [0.29, 0.717) is 12.8 Å². The van der Waals surface area contributed by atoms with Crippen LogP contribution in [0.5, 0.6) is 0 Å². The highest BCUT2D eigenvalue weighted by Crippen LogP contribution is 2.52. The van der Waals surface area contributed by atoms with Gasteiger partial charge in [-0.05, 0) is 12.8 Å². The van der Waals surface area contributed by atoms with Gasteiger partial charge in [0.25, 0.3) is 0 Å². The number of Topliss-reactive ketones (excluding diaryl/α,β-unsaturated/α-hetero) is 2. The molecule has 0 aromatic rings. The number of ketones is 2. The molecule has 0 amide bonds. The lowest BCUT2D eigenvalue weighted by atomic mass is 9.53. The van der Waals surface area contributed by atoms with E-state index in [1.54, 1.807) is 0 Å². The topological polar surface area (TPSA) is 74.6 Å². The standard InChI is InChI=1S/C10H14O4/c11-5-9-1-2-10(6-12,4-7(9)13)8(14)3-9/h11-12H,1-6H2. The molecule has 0 radical (unpaired) electrons. The summed E-state index contributed by atoms with van der Waals surface area (Å²) in [6.07, 6.45) is 1.30. The summed E-state index contributed by atoms with van der Waals surface area (Å²) < 4.78 is 0. The summed E-state index contributed by atoms with van der Waals surface area (Å²) in [6, 6.07) is 0. The third kappa shape index (κ3) is 1.01.